The molecule has 2 N–H and O–H groups in total. The van der Waals surface area contributed by atoms with E-state index in [-0.39, 0.29) is 18.9 Å². The molecule has 25 heavy (non-hydrogen) atoms. The van der Waals surface area contributed by atoms with Gasteiger partial charge in [-0.05, 0) is 36.8 Å². The molecule has 0 aliphatic heterocycles. The number of benzene rings is 2. The first kappa shape index (κ1) is 17.0. The summed E-state index contributed by atoms with van der Waals surface area (Å²) >= 11 is 5.94. The van der Waals surface area contributed by atoms with Crippen LogP contribution in [0.4, 0.5) is 5.69 Å². The van der Waals surface area contributed by atoms with Crippen LogP contribution in [0.25, 0.3) is 10.9 Å². The fourth-order valence-electron chi connectivity index (χ4n) is 2.62. The smallest absolute Gasteiger partial charge is 0.326 e. The maximum absolute atomic E-state index is 12.2. The predicted molar refractivity (Wildman–Crippen MR) is 98.3 cm³/mol. The standard InChI is InChI=1S/C18H16ClN3O3/c1-11-6-7-12(19)10-14(11)20-16(23)8-9-22-15-5-3-2-4-13(15)17(24)21-18(22)25/h2-7,10H,8-9H2,1H3,(H,20,23)(H,21,24,25). The third kappa shape index (κ3) is 3.64. The number of rotatable bonds is 4. The molecule has 3 rings (SSSR count). The Labute approximate surface area is 148 Å². The fraction of sp³-hybridized carbons (Fsp3) is 0.167. The number of aromatic amines is 1. The van der Waals surface area contributed by atoms with Crippen LogP contribution >= 0.6 is 11.6 Å². The number of nitrogens with zero attached hydrogens (tertiary/aromatic N) is 1. The van der Waals surface area contributed by atoms with Crippen molar-refractivity contribution in [3.63, 3.8) is 0 Å². The van der Waals surface area contributed by atoms with Gasteiger partial charge in [0.25, 0.3) is 5.56 Å². The van der Waals surface area contributed by atoms with Gasteiger partial charge in [-0.1, -0.05) is 29.8 Å². The lowest BCUT2D eigenvalue weighted by molar-refractivity contribution is -0.116. The SMILES string of the molecule is Cc1ccc(Cl)cc1NC(=O)CCn1c(=O)[nH]c(=O)c2ccccc21. The number of hydrogen-bond acceptors (Lipinski definition) is 3. The second-order valence-electron chi connectivity index (χ2n) is 5.69. The van der Waals surface area contributed by atoms with Crippen LogP contribution in [0.1, 0.15) is 12.0 Å². The molecule has 3 aromatic rings. The van der Waals surface area contributed by atoms with Gasteiger partial charge in [-0.2, -0.15) is 0 Å². The van der Waals surface area contributed by atoms with Gasteiger partial charge in [0, 0.05) is 23.7 Å². The lowest BCUT2D eigenvalue weighted by Gasteiger charge is -2.11. The molecule has 128 valence electrons. The zero-order valence-electron chi connectivity index (χ0n) is 13.5. The molecule has 0 bridgehead atoms. The molecule has 0 aliphatic rings. The van der Waals surface area contributed by atoms with Crippen molar-refractivity contribution < 1.29 is 4.79 Å². The average molecular weight is 358 g/mol. The molecule has 0 atom stereocenters. The Kier molecular flexibility index (Phi) is 4.72. The fourth-order valence-corrected chi connectivity index (χ4v) is 2.79. The Bertz CT molecular complexity index is 1070. The van der Waals surface area contributed by atoms with Crippen LogP contribution in [0.2, 0.25) is 5.02 Å². The van der Waals surface area contributed by atoms with Crippen molar-refractivity contribution in [2.75, 3.05) is 5.32 Å². The van der Waals surface area contributed by atoms with Gasteiger partial charge in [-0.25, -0.2) is 4.79 Å². The van der Waals surface area contributed by atoms with E-state index in [1.165, 1.54) is 4.57 Å². The molecule has 0 fully saturated rings. The molecule has 0 saturated heterocycles. The first-order chi connectivity index (χ1) is 12.0. The molecule has 2 aromatic carbocycles. The van der Waals surface area contributed by atoms with E-state index in [2.05, 4.69) is 10.3 Å². The van der Waals surface area contributed by atoms with Crippen molar-refractivity contribution in [2.45, 2.75) is 19.9 Å². The Morgan fingerprint density at radius 1 is 1.20 bits per heavy atom. The van der Waals surface area contributed by atoms with E-state index in [0.717, 1.165) is 5.56 Å². The van der Waals surface area contributed by atoms with Crippen molar-refractivity contribution in [3.05, 3.63) is 73.9 Å². The largest absolute Gasteiger partial charge is 0.328 e. The number of para-hydroxylation sites is 1. The molecular weight excluding hydrogens is 342 g/mol. The van der Waals surface area contributed by atoms with Gasteiger partial charge in [0.2, 0.25) is 5.91 Å². The first-order valence-corrected chi connectivity index (χ1v) is 8.11. The highest BCUT2D eigenvalue weighted by Gasteiger charge is 2.10. The van der Waals surface area contributed by atoms with E-state index in [0.29, 0.717) is 21.6 Å². The number of carbonyl (C=O) groups is 1. The Morgan fingerprint density at radius 2 is 1.96 bits per heavy atom. The Hall–Kier alpha value is -2.86. The molecule has 7 heteroatoms. The Balaban J connectivity index is 1.81. The Morgan fingerprint density at radius 3 is 2.76 bits per heavy atom. The van der Waals surface area contributed by atoms with Crippen molar-refractivity contribution >= 4 is 34.1 Å². The van der Waals surface area contributed by atoms with Crippen molar-refractivity contribution in [2.24, 2.45) is 0 Å². The number of carbonyl (C=O) groups excluding carboxylic acids is 1. The topological polar surface area (TPSA) is 84.0 Å². The first-order valence-electron chi connectivity index (χ1n) is 7.73. The predicted octanol–water partition coefficient (Wildman–Crippen LogP) is 2.68. The van der Waals surface area contributed by atoms with Crippen molar-refractivity contribution in [1.82, 2.24) is 9.55 Å². The number of hydrogen-bond donors (Lipinski definition) is 2. The molecule has 1 heterocycles. The molecule has 1 aromatic heterocycles. The van der Waals surface area contributed by atoms with Gasteiger partial charge in [-0.15, -0.1) is 0 Å². The summed E-state index contributed by atoms with van der Waals surface area (Å²) in [5.41, 5.74) is 1.06. The number of fused-ring (bicyclic) bond motifs is 1. The van der Waals surface area contributed by atoms with Gasteiger partial charge < -0.3 is 5.32 Å². The molecule has 0 unspecified atom stereocenters. The molecule has 6 nitrogen and oxygen atoms in total. The molecule has 0 radical (unpaired) electrons. The summed E-state index contributed by atoms with van der Waals surface area (Å²) in [6, 6.07) is 12.0. The molecule has 0 saturated carbocycles. The van der Waals surface area contributed by atoms with E-state index in [4.69, 9.17) is 11.6 Å². The highest BCUT2D eigenvalue weighted by atomic mass is 35.5. The third-order valence-electron chi connectivity index (χ3n) is 3.94. The maximum Gasteiger partial charge on any atom is 0.328 e. The van der Waals surface area contributed by atoms with E-state index in [1.54, 1.807) is 36.4 Å². The molecule has 0 aliphatic carbocycles. The van der Waals surface area contributed by atoms with Crippen LogP contribution in [0.15, 0.2) is 52.1 Å². The summed E-state index contributed by atoms with van der Waals surface area (Å²) in [5.74, 6) is -0.243. The summed E-state index contributed by atoms with van der Waals surface area (Å²) in [7, 11) is 0. The summed E-state index contributed by atoms with van der Waals surface area (Å²) < 4.78 is 1.39. The average Bonchev–Trinajstić information content (AvgIpc) is 2.58. The minimum absolute atomic E-state index is 0.0852. The van der Waals surface area contributed by atoms with Crippen LogP contribution < -0.4 is 16.6 Å². The third-order valence-corrected chi connectivity index (χ3v) is 4.18. The number of H-pyrrole nitrogens is 1. The van der Waals surface area contributed by atoms with E-state index < -0.39 is 11.2 Å². The number of aryl methyl sites for hydroxylation is 2. The zero-order chi connectivity index (χ0) is 18.0. The second-order valence-corrected chi connectivity index (χ2v) is 6.12. The number of aromatic nitrogens is 2. The normalized spacial score (nSPS) is 10.8. The molecule has 0 spiro atoms. The van der Waals surface area contributed by atoms with E-state index in [1.807, 2.05) is 13.0 Å². The summed E-state index contributed by atoms with van der Waals surface area (Å²) in [6.45, 7) is 2.02. The number of nitrogens with one attached hydrogen (secondary N) is 2. The molecule has 1 amide bonds. The number of anilines is 1. The van der Waals surface area contributed by atoms with Gasteiger partial charge in [0.05, 0.1) is 10.9 Å². The van der Waals surface area contributed by atoms with Gasteiger partial charge in [-0.3, -0.25) is 19.1 Å². The van der Waals surface area contributed by atoms with Crippen molar-refractivity contribution in [1.29, 1.82) is 0 Å². The number of amides is 1. The van der Waals surface area contributed by atoms with Crippen LogP contribution in [0, 0.1) is 6.92 Å². The summed E-state index contributed by atoms with van der Waals surface area (Å²) in [5, 5.41) is 3.73. The zero-order valence-corrected chi connectivity index (χ0v) is 14.3. The molecular formula is C18H16ClN3O3. The lowest BCUT2D eigenvalue weighted by Crippen LogP contribution is -2.31. The summed E-state index contributed by atoms with van der Waals surface area (Å²) in [6.07, 6.45) is 0.0852. The quantitative estimate of drug-likeness (QED) is 0.753. The second kappa shape index (κ2) is 6.94. The minimum Gasteiger partial charge on any atom is -0.326 e. The van der Waals surface area contributed by atoms with Crippen LogP contribution in [0.5, 0.6) is 0 Å². The monoisotopic (exact) mass is 357 g/mol. The van der Waals surface area contributed by atoms with Gasteiger partial charge in [0.15, 0.2) is 0 Å². The van der Waals surface area contributed by atoms with Gasteiger partial charge in [0.1, 0.15) is 0 Å². The van der Waals surface area contributed by atoms with E-state index >= 15 is 0 Å². The van der Waals surface area contributed by atoms with Crippen LogP contribution in [-0.4, -0.2) is 15.5 Å². The van der Waals surface area contributed by atoms with Crippen LogP contribution in [-0.2, 0) is 11.3 Å². The van der Waals surface area contributed by atoms with Gasteiger partial charge >= 0.3 is 5.69 Å². The number of halogens is 1. The highest BCUT2D eigenvalue weighted by Crippen LogP contribution is 2.20. The van der Waals surface area contributed by atoms with Crippen molar-refractivity contribution in [3.8, 4) is 0 Å². The lowest BCUT2D eigenvalue weighted by atomic mass is 10.2. The summed E-state index contributed by atoms with van der Waals surface area (Å²) in [4.78, 5) is 38.4. The van der Waals surface area contributed by atoms with Crippen LogP contribution in [0.3, 0.4) is 0 Å². The highest BCUT2D eigenvalue weighted by molar-refractivity contribution is 6.31. The minimum atomic E-state index is -0.532. The van der Waals surface area contributed by atoms with E-state index in [9.17, 15) is 14.4 Å². The maximum atomic E-state index is 12.2.